The van der Waals surface area contributed by atoms with Gasteiger partial charge in [0.2, 0.25) is 0 Å². The van der Waals surface area contributed by atoms with Crippen molar-refractivity contribution in [2.75, 3.05) is 51.8 Å². The van der Waals surface area contributed by atoms with Gasteiger partial charge in [0.1, 0.15) is 5.82 Å². The predicted octanol–water partition coefficient (Wildman–Crippen LogP) is 0.864. The number of amides is 1. The summed E-state index contributed by atoms with van der Waals surface area (Å²) in [5, 5.41) is 2.96. The zero-order valence-electron chi connectivity index (χ0n) is 16.3. The highest BCUT2D eigenvalue weighted by molar-refractivity contribution is 5.76. The third-order valence-corrected chi connectivity index (χ3v) is 5.01. The van der Waals surface area contributed by atoms with E-state index in [1.807, 2.05) is 29.2 Å². The van der Waals surface area contributed by atoms with Crippen molar-refractivity contribution in [1.29, 1.82) is 0 Å². The average Bonchev–Trinajstić information content (AvgIpc) is 2.73. The van der Waals surface area contributed by atoms with Crippen molar-refractivity contribution in [3.8, 4) is 11.5 Å². The number of nitrogens with zero attached hydrogens (tertiary/aromatic N) is 1. The molecule has 0 radical (unpaired) electrons. The highest BCUT2D eigenvalue weighted by Crippen LogP contribution is 2.27. The van der Waals surface area contributed by atoms with E-state index < -0.39 is 0 Å². The van der Waals surface area contributed by atoms with Crippen LogP contribution in [0.3, 0.4) is 0 Å². The number of methoxy groups -OCH3 is 2. The van der Waals surface area contributed by atoms with Crippen molar-refractivity contribution in [2.45, 2.75) is 6.54 Å². The third kappa shape index (κ3) is 4.92. The first-order valence-corrected chi connectivity index (χ1v) is 9.41. The number of anilines is 1. The zero-order valence-corrected chi connectivity index (χ0v) is 16.3. The lowest BCUT2D eigenvalue weighted by Gasteiger charge is -2.33. The van der Waals surface area contributed by atoms with Crippen molar-refractivity contribution in [3.63, 3.8) is 0 Å². The van der Waals surface area contributed by atoms with E-state index >= 15 is 0 Å². The Morgan fingerprint density at radius 1 is 1.11 bits per heavy atom. The van der Waals surface area contributed by atoms with Gasteiger partial charge in [-0.1, -0.05) is 18.2 Å². The Morgan fingerprint density at radius 3 is 2.50 bits per heavy atom. The third-order valence-electron chi connectivity index (χ3n) is 5.01. The Bertz CT molecular complexity index is 807. The largest absolute Gasteiger partial charge is 0.493 e. The molecule has 2 N–H and O–H groups in total. The Morgan fingerprint density at radius 2 is 1.82 bits per heavy atom. The molecule has 1 aliphatic rings. The summed E-state index contributed by atoms with van der Waals surface area (Å²) in [4.78, 5) is 15.6. The van der Waals surface area contributed by atoms with Crippen LogP contribution in [0, 0.1) is 5.82 Å². The molecule has 0 aromatic heterocycles. The summed E-state index contributed by atoms with van der Waals surface area (Å²) in [7, 11) is 3.18. The van der Waals surface area contributed by atoms with Gasteiger partial charge in [-0.05, 0) is 29.8 Å². The van der Waals surface area contributed by atoms with Crippen molar-refractivity contribution in [3.05, 3.63) is 53.8 Å². The fourth-order valence-corrected chi connectivity index (χ4v) is 3.43. The van der Waals surface area contributed by atoms with Gasteiger partial charge in [0, 0.05) is 6.54 Å². The van der Waals surface area contributed by atoms with Crippen LogP contribution < -0.4 is 24.6 Å². The van der Waals surface area contributed by atoms with Gasteiger partial charge in [-0.3, -0.25) is 4.79 Å². The first-order chi connectivity index (χ1) is 13.6. The average molecular weight is 388 g/mol. The van der Waals surface area contributed by atoms with Gasteiger partial charge >= 0.3 is 0 Å². The van der Waals surface area contributed by atoms with Gasteiger partial charge in [0.05, 0.1) is 46.1 Å². The maximum atomic E-state index is 13.9. The number of halogens is 1. The first-order valence-electron chi connectivity index (χ1n) is 9.41. The molecule has 150 valence electrons. The molecule has 1 saturated heterocycles. The molecule has 1 aliphatic heterocycles. The van der Waals surface area contributed by atoms with E-state index in [-0.39, 0.29) is 11.7 Å². The van der Waals surface area contributed by atoms with Crippen molar-refractivity contribution < 1.29 is 23.6 Å². The van der Waals surface area contributed by atoms with E-state index in [0.29, 0.717) is 30.3 Å². The molecule has 2 aromatic rings. The topological polar surface area (TPSA) is 55.2 Å². The Kier molecular flexibility index (Phi) is 6.71. The van der Waals surface area contributed by atoms with Gasteiger partial charge in [-0.25, -0.2) is 4.39 Å². The van der Waals surface area contributed by atoms with E-state index in [4.69, 9.17) is 9.47 Å². The van der Waals surface area contributed by atoms with Gasteiger partial charge in [0.15, 0.2) is 18.0 Å². The minimum Gasteiger partial charge on any atom is -0.493 e. The Labute approximate surface area is 164 Å². The molecule has 1 fully saturated rings. The normalized spacial score (nSPS) is 14.6. The Hall–Kier alpha value is -2.80. The fourth-order valence-electron chi connectivity index (χ4n) is 3.43. The smallest absolute Gasteiger partial charge is 0.275 e. The Balaban J connectivity index is 1.45. The summed E-state index contributed by atoms with van der Waals surface area (Å²) in [6.07, 6.45) is 0. The molecule has 0 spiro atoms. The summed E-state index contributed by atoms with van der Waals surface area (Å²) in [6, 6.07) is 12.4. The van der Waals surface area contributed by atoms with Crippen LogP contribution in [0.15, 0.2) is 42.5 Å². The predicted molar refractivity (Wildman–Crippen MR) is 106 cm³/mol. The molecule has 0 unspecified atom stereocenters. The van der Waals surface area contributed by atoms with Crippen LogP contribution >= 0.6 is 0 Å². The molecular weight excluding hydrogens is 361 g/mol. The molecule has 0 atom stereocenters. The van der Waals surface area contributed by atoms with Crippen LogP contribution in [0.1, 0.15) is 5.56 Å². The van der Waals surface area contributed by atoms with E-state index in [9.17, 15) is 9.18 Å². The minimum absolute atomic E-state index is 0.00382. The molecule has 6 nitrogen and oxygen atoms in total. The number of quaternary nitrogens is 1. The number of hydrogen-bond donors (Lipinski definition) is 2. The number of carbonyl (C=O) groups excluding carboxylic acids is 1. The summed E-state index contributed by atoms with van der Waals surface area (Å²) < 4.78 is 24.4. The SMILES string of the molecule is COc1ccc(CNC(=O)C[NH+]2CCN(c3ccccc3F)CC2)cc1OC. The van der Waals surface area contributed by atoms with Crippen molar-refractivity contribution in [1.82, 2.24) is 5.32 Å². The number of para-hydroxylation sites is 1. The molecule has 1 amide bonds. The molecule has 1 heterocycles. The van der Waals surface area contributed by atoms with Crippen molar-refractivity contribution in [2.24, 2.45) is 0 Å². The molecule has 28 heavy (non-hydrogen) atoms. The number of benzene rings is 2. The van der Waals surface area contributed by atoms with Crippen LogP contribution in [-0.2, 0) is 11.3 Å². The van der Waals surface area contributed by atoms with Gasteiger partial charge in [-0.15, -0.1) is 0 Å². The van der Waals surface area contributed by atoms with Crippen LogP contribution in [0.25, 0.3) is 0 Å². The summed E-state index contributed by atoms with van der Waals surface area (Å²) in [6.45, 7) is 3.93. The maximum Gasteiger partial charge on any atom is 0.275 e. The van der Waals surface area contributed by atoms with Gasteiger partial charge < -0.3 is 24.6 Å². The van der Waals surface area contributed by atoms with Crippen LogP contribution in [0.5, 0.6) is 11.5 Å². The summed E-state index contributed by atoms with van der Waals surface area (Å²) in [5.41, 5.74) is 1.59. The standard InChI is InChI=1S/C21H26FN3O3/c1-27-19-8-7-16(13-20(19)28-2)14-23-21(26)15-24-9-11-25(12-10-24)18-6-4-3-5-17(18)22/h3-8,13H,9-12,14-15H2,1-2H3,(H,23,26)/p+1. The monoisotopic (exact) mass is 388 g/mol. The van der Waals surface area contributed by atoms with Gasteiger partial charge in [-0.2, -0.15) is 0 Å². The fraction of sp³-hybridized carbons (Fsp3) is 0.381. The number of nitrogens with one attached hydrogen (secondary N) is 2. The minimum atomic E-state index is -0.196. The van der Waals surface area contributed by atoms with Crippen LogP contribution in [0.2, 0.25) is 0 Å². The maximum absolute atomic E-state index is 13.9. The second kappa shape index (κ2) is 9.41. The highest BCUT2D eigenvalue weighted by Gasteiger charge is 2.23. The number of hydrogen-bond acceptors (Lipinski definition) is 4. The van der Waals surface area contributed by atoms with E-state index in [1.54, 1.807) is 26.4 Å². The van der Waals surface area contributed by atoms with Crippen molar-refractivity contribution >= 4 is 11.6 Å². The molecule has 0 aliphatic carbocycles. The number of ether oxygens (including phenoxy) is 2. The molecule has 0 saturated carbocycles. The molecule has 7 heteroatoms. The van der Waals surface area contributed by atoms with E-state index in [2.05, 4.69) is 5.32 Å². The quantitative estimate of drug-likeness (QED) is 0.739. The van der Waals surface area contributed by atoms with Gasteiger partial charge in [0.25, 0.3) is 5.91 Å². The highest BCUT2D eigenvalue weighted by atomic mass is 19.1. The van der Waals surface area contributed by atoms with E-state index in [1.165, 1.54) is 11.0 Å². The summed E-state index contributed by atoms with van der Waals surface area (Å²) in [5.74, 6) is 1.11. The lowest BCUT2D eigenvalue weighted by molar-refractivity contribution is -0.892. The van der Waals surface area contributed by atoms with E-state index in [0.717, 1.165) is 31.7 Å². The number of piperazine rings is 1. The molecule has 0 bridgehead atoms. The lowest BCUT2D eigenvalue weighted by Crippen LogP contribution is -3.15. The molecule has 2 aromatic carbocycles. The second-order valence-corrected chi connectivity index (χ2v) is 6.83. The first kappa shape index (κ1) is 19.9. The zero-order chi connectivity index (χ0) is 19.9. The number of rotatable bonds is 7. The van der Waals surface area contributed by atoms with Crippen LogP contribution in [0.4, 0.5) is 10.1 Å². The second-order valence-electron chi connectivity index (χ2n) is 6.83. The number of carbonyl (C=O) groups is 1. The molecular formula is C21H27FN3O3+. The lowest BCUT2D eigenvalue weighted by atomic mass is 10.2. The summed E-state index contributed by atoms with van der Waals surface area (Å²) >= 11 is 0. The van der Waals surface area contributed by atoms with Crippen LogP contribution in [-0.4, -0.2) is 52.9 Å². The molecule has 3 rings (SSSR count).